The average Bonchev–Trinajstić information content (AvgIpc) is 2.29. The van der Waals surface area contributed by atoms with Crippen LogP contribution in [0.5, 0.6) is 0 Å². The van der Waals surface area contributed by atoms with Crippen LogP contribution >= 0.6 is 0 Å². The molecule has 0 aromatic heterocycles. The maximum absolute atomic E-state index is 13.2. The SMILES string of the molecule is CC1CC(N)CCN1c1ccc(F)c(C(F)(F)F)c1. The fourth-order valence-electron chi connectivity index (χ4n) is 2.50. The number of anilines is 1. The van der Waals surface area contributed by atoms with Gasteiger partial charge in [0, 0.05) is 24.3 Å². The number of halogens is 4. The summed E-state index contributed by atoms with van der Waals surface area (Å²) in [5, 5.41) is 0. The van der Waals surface area contributed by atoms with Gasteiger partial charge in [-0.25, -0.2) is 4.39 Å². The Bertz CT molecular complexity index is 458. The zero-order chi connectivity index (χ0) is 14.2. The zero-order valence-electron chi connectivity index (χ0n) is 10.5. The van der Waals surface area contributed by atoms with Crippen molar-refractivity contribution in [3.63, 3.8) is 0 Å². The predicted molar refractivity (Wildman–Crippen MR) is 65.4 cm³/mol. The highest BCUT2D eigenvalue weighted by Crippen LogP contribution is 2.35. The second-order valence-corrected chi connectivity index (χ2v) is 4.99. The fraction of sp³-hybridized carbons (Fsp3) is 0.538. The van der Waals surface area contributed by atoms with Gasteiger partial charge in [0.05, 0.1) is 5.56 Å². The lowest BCUT2D eigenvalue weighted by Crippen LogP contribution is -2.45. The maximum atomic E-state index is 13.2. The van der Waals surface area contributed by atoms with Crippen LogP contribution in [-0.4, -0.2) is 18.6 Å². The normalized spacial score (nSPS) is 24.6. The van der Waals surface area contributed by atoms with Gasteiger partial charge >= 0.3 is 6.18 Å². The van der Waals surface area contributed by atoms with E-state index >= 15 is 0 Å². The minimum Gasteiger partial charge on any atom is -0.369 e. The number of nitrogens with zero attached hydrogens (tertiary/aromatic N) is 1. The van der Waals surface area contributed by atoms with Gasteiger partial charge in [-0.1, -0.05) is 0 Å². The molecule has 0 aliphatic carbocycles. The Hall–Kier alpha value is -1.30. The van der Waals surface area contributed by atoms with Gasteiger partial charge in [0.15, 0.2) is 0 Å². The highest BCUT2D eigenvalue weighted by Gasteiger charge is 2.35. The number of piperidine rings is 1. The van der Waals surface area contributed by atoms with Crippen molar-refractivity contribution in [3.8, 4) is 0 Å². The Kier molecular flexibility index (Phi) is 3.71. The van der Waals surface area contributed by atoms with Crippen LogP contribution in [0.4, 0.5) is 23.2 Å². The molecule has 1 fully saturated rings. The van der Waals surface area contributed by atoms with E-state index in [0.717, 1.165) is 25.0 Å². The third-order valence-electron chi connectivity index (χ3n) is 3.50. The monoisotopic (exact) mass is 276 g/mol. The Labute approximate surface area is 109 Å². The maximum Gasteiger partial charge on any atom is 0.419 e. The third kappa shape index (κ3) is 3.00. The molecule has 0 amide bonds. The van der Waals surface area contributed by atoms with Crippen LogP contribution in [-0.2, 0) is 6.18 Å². The van der Waals surface area contributed by atoms with Crippen LogP contribution in [0.25, 0.3) is 0 Å². The van der Waals surface area contributed by atoms with Crippen molar-refractivity contribution in [1.29, 1.82) is 0 Å². The van der Waals surface area contributed by atoms with Crippen LogP contribution < -0.4 is 10.6 Å². The first-order chi connectivity index (χ1) is 8.79. The first-order valence-corrected chi connectivity index (χ1v) is 6.18. The molecule has 2 rings (SSSR count). The topological polar surface area (TPSA) is 29.3 Å². The molecule has 1 saturated heterocycles. The summed E-state index contributed by atoms with van der Waals surface area (Å²) in [6.45, 7) is 2.50. The largest absolute Gasteiger partial charge is 0.419 e. The summed E-state index contributed by atoms with van der Waals surface area (Å²) in [4.78, 5) is 1.85. The zero-order valence-corrected chi connectivity index (χ0v) is 10.5. The molecule has 0 bridgehead atoms. The van der Waals surface area contributed by atoms with Crippen molar-refractivity contribution in [1.82, 2.24) is 0 Å². The van der Waals surface area contributed by atoms with E-state index in [1.54, 1.807) is 0 Å². The Balaban J connectivity index is 2.31. The standard InChI is InChI=1S/C13H16F4N2/c1-8-6-9(18)4-5-19(8)10-2-3-12(14)11(7-10)13(15,16)17/h2-3,7-9H,4-6,18H2,1H3. The van der Waals surface area contributed by atoms with E-state index in [2.05, 4.69) is 0 Å². The van der Waals surface area contributed by atoms with Gasteiger partial charge in [0.25, 0.3) is 0 Å². The quantitative estimate of drug-likeness (QED) is 0.798. The summed E-state index contributed by atoms with van der Waals surface area (Å²) >= 11 is 0. The van der Waals surface area contributed by atoms with E-state index in [9.17, 15) is 17.6 Å². The average molecular weight is 276 g/mol. The highest BCUT2D eigenvalue weighted by atomic mass is 19.4. The van der Waals surface area contributed by atoms with E-state index in [1.165, 1.54) is 6.07 Å². The number of rotatable bonds is 1. The molecule has 0 spiro atoms. The molecule has 2 nitrogen and oxygen atoms in total. The van der Waals surface area contributed by atoms with Gasteiger partial charge in [-0.15, -0.1) is 0 Å². The number of alkyl halides is 3. The molecule has 1 aromatic rings. The van der Waals surface area contributed by atoms with Gasteiger partial charge < -0.3 is 10.6 Å². The molecule has 2 N–H and O–H groups in total. The molecule has 1 aliphatic heterocycles. The molecular weight excluding hydrogens is 260 g/mol. The predicted octanol–water partition coefficient (Wildman–Crippen LogP) is 3.16. The van der Waals surface area contributed by atoms with Gasteiger partial charge in [0.2, 0.25) is 0 Å². The summed E-state index contributed by atoms with van der Waals surface area (Å²) in [5.74, 6) is -1.24. The molecule has 2 atom stereocenters. The van der Waals surface area contributed by atoms with Gasteiger partial charge in [-0.05, 0) is 38.0 Å². The van der Waals surface area contributed by atoms with Crippen molar-refractivity contribution in [3.05, 3.63) is 29.6 Å². The first-order valence-electron chi connectivity index (χ1n) is 6.18. The van der Waals surface area contributed by atoms with Gasteiger partial charge in [0.1, 0.15) is 5.82 Å². The van der Waals surface area contributed by atoms with Gasteiger partial charge in [-0.3, -0.25) is 0 Å². The number of hydrogen-bond acceptors (Lipinski definition) is 2. The highest BCUT2D eigenvalue weighted by molar-refractivity contribution is 5.51. The fourth-order valence-corrected chi connectivity index (χ4v) is 2.50. The molecule has 0 saturated carbocycles. The van der Waals surface area contributed by atoms with E-state index in [0.29, 0.717) is 12.2 Å². The van der Waals surface area contributed by atoms with Crippen LogP contribution in [0.2, 0.25) is 0 Å². The van der Waals surface area contributed by atoms with Crippen molar-refractivity contribution in [2.75, 3.05) is 11.4 Å². The molecule has 6 heteroatoms. The molecule has 1 aromatic carbocycles. The summed E-state index contributed by atoms with van der Waals surface area (Å²) in [7, 11) is 0. The van der Waals surface area contributed by atoms with E-state index in [4.69, 9.17) is 5.73 Å². The minimum atomic E-state index is -4.67. The molecular formula is C13H16F4N2. The summed E-state index contributed by atoms with van der Waals surface area (Å²) in [6.07, 6.45) is -3.22. The van der Waals surface area contributed by atoms with E-state index in [-0.39, 0.29) is 12.1 Å². The molecule has 1 heterocycles. The van der Waals surface area contributed by atoms with Crippen LogP contribution in [0.15, 0.2) is 18.2 Å². The molecule has 1 aliphatic rings. The van der Waals surface area contributed by atoms with Crippen LogP contribution in [0.1, 0.15) is 25.3 Å². The third-order valence-corrected chi connectivity index (χ3v) is 3.50. The molecule has 0 radical (unpaired) electrons. The number of benzene rings is 1. The Morgan fingerprint density at radius 1 is 1.32 bits per heavy atom. The summed E-state index contributed by atoms with van der Waals surface area (Å²) in [5.41, 5.74) is 5.00. The van der Waals surface area contributed by atoms with Crippen LogP contribution in [0.3, 0.4) is 0 Å². The minimum absolute atomic E-state index is 0.0512. The van der Waals surface area contributed by atoms with Crippen molar-refractivity contribution < 1.29 is 17.6 Å². The lowest BCUT2D eigenvalue weighted by molar-refractivity contribution is -0.139. The van der Waals surface area contributed by atoms with Crippen molar-refractivity contribution in [2.45, 2.75) is 38.0 Å². The Morgan fingerprint density at radius 2 is 2.00 bits per heavy atom. The lowest BCUT2D eigenvalue weighted by atomic mass is 9.98. The number of hydrogen-bond donors (Lipinski definition) is 1. The molecule has 106 valence electrons. The van der Waals surface area contributed by atoms with E-state index < -0.39 is 17.6 Å². The molecule has 19 heavy (non-hydrogen) atoms. The smallest absolute Gasteiger partial charge is 0.369 e. The summed E-state index contributed by atoms with van der Waals surface area (Å²) < 4.78 is 51.3. The van der Waals surface area contributed by atoms with Gasteiger partial charge in [-0.2, -0.15) is 13.2 Å². The lowest BCUT2D eigenvalue weighted by Gasteiger charge is -2.38. The first kappa shape index (κ1) is 14.1. The van der Waals surface area contributed by atoms with Crippen LogP contribution in [0, 0.1) is 5.82 Å². The second-order valence-electron chi connectivity index (χ2n) is 4.99. The number of nitrogens with two attached hydrogens (primary N) is 1. The molecule has 2 unspecified atom stereocenters. The van der Waals surface area contributed by atoms with Crippen molar-refractivity contribution in [2.24, 2.45) is 5.73 Å². The summed E-state index contributed by atoms with van der Waals surface area (Å²) in [6, 6.07) is 3.27. The van der Waals surface area contributed by atoms with E-state index in [1.807, 2.05) is 11.8 Å². The Morgan fingerprint density at radius 3 is 2.58 bits per heavy atom. The second kappa shape index (κ2) is 5.00. The van der Waals surface area contributed by atoms with Crippen molar-refractivity contribution >= 4 is 5.69 Å².